The minimum atomic E-state index is -0.320. The number of benzene rings is 4. The van der Waals surface area contributed by atoms with Gasteiger partial charge in [0.1, 0.15) is 46.4 Å². The van der Waals surface area contributed by atoms with Crippen molar-refractivity contribution >= 4 is 0 Å². The molecular formula is C32H32O7. The lowest BCUT2D eigenvalue weighted by Crippen LogP contribution is -2.16. The predicted octanol–water partition coefficient (Wildman–Crippen LogP) is 6.36. The van der Waals surface area contributed by atoms with Gasteiger partial charge in [0.05, 0.1) is 14.2 Å². The molecule has 7 nitrogen and oxygen atoms in total. The maximum absolute atomic E-state index is 11.2. The van der Waals surface area contributed by atoms with E-state index in [0.717, 1.165) is 34.2 Å². The van der Waals surface area contributed by atoms with Crippen LogP contribution in [0.25, 0.3) is 0 Å². The summed E-state index contributed by atoms with van der Waals surface area (Å²) < 4.78 is 17.2. The van der Waals surface area contributed by atoms with Crippen LogP contribution in [0.3, 0.4) is 0 Å². The van der Waals surface area contributed by atoms with Crippen LogP contribution in [0, 0.1) is 0 Å². The number of methoxy groups -OCH3 is 2. The Bertz CT molecular complexity index is 1460. The average Bonchev–Trinajstić information content (AvgIpc) is 2.94. The normalized spacial score (nSPS) is 15.2. The second-order valence-corrected chi connectivity index (χ2v) is 9.77. The molecule has 7 heteroatoms. The zero-order valence-electron chi connectivity index (χ0n) is 21.9. The van der Waals surface area contributed by atoms with Gasteiger partial charge in [0, 0.05) is 29.2 Å². The van der Waals surface area contributed by atoms with Crippen LogP contribution in [-0.4, -0.2) is 34.6 Å². The van der Waals surface area contributed by atoms with Gasteiger partial charge in [-0.2, -0.15) is 0 Å². The predicted molar refractivity (Wildman–Crippen MR) is 147 cm³/mol. The molecule has 4 aromatic carbocycles. The Morgan fingerprint density at radius 1 is 0.795 bits per heavy atom. The number of aryl methyl sites for hydroxylation is 2. The van der Waals surface area contributed by atoms with Crippen LogP contribution in [0.2, 0.25) is 0 Å². The van der Waals surface area contributed by atoms with E-state index >= 15 is 0 Å². The summed E-state index contributed by atoms with van der Waals surface area (Å²) in [6.45, 7) is 0. The standard InChI is InChI=1S/C32H32O7/c1-37-29-14-11-23(34)16-27(29)30-13-7-21-15-26(28(36)18-32(21)39-30)25(19-3-8-22(33)9-4-19)12-6-20-5-10-24(35)17-31(20)38-2/h3-5,8-11,14-18,25,30,33-36H,6-7,12-13H2,1-2H3/t25-,30+/m1/s1. The average molecular weight is 529 g/mol. The zero-order chi connectivity index (χ0) is 27.5. The molecule has 0 radical (unpaired) electrons. The molecule has 1 heterocycles. The monoisotopic (exact) mass is 528 g/mol. The number of fused-ring (bicyclic) bond motifs is 1. The van der Waals surface area contributed by atoms with E-state index in [0.29, 0.717) is 36.5 Å². The topological polar surface area (TPSA) is 109 Å². The van der Waals surface area contributed by atoms with Gasteiger partial charge >= 0.3 is 0 Å². The highest BCUT2D eigenvalue weighted by Crippen LogP contribution is 2.45. The fourth-order valence-electron chi connectivity index (χ4n) is 5.36. The molecule has 0 fully saturated rings. The molecule has 0 aliphatic carbocycles. The summed E-state index contributed by atoms with van der Waals surface area (Å²) in [5, 5.41) is 41.0. The molecule has 0 spiro atoms. The van der Waals surface area contributed by atoms with Gasteiger partial charge in [0.2, 0.25) is 0 Å². The van der Waals surface area contributed by atoms with Crippen molar-refractivity contribution in [3.63, 3.8) is 0 Å². The van der Waals surface area contributed by atoms with Crippen LogP contribution >= 0.6 is 0 Å². The Morgan fingerprint density at radius 2 is 1.49 bits per heavy atom. The van der Waals surface area contributed by atoms with Gasteiger partial charge < -0.3 is 34.6 Å². The van der Waals surface area contributed by atoms with Crippen molar-refractivity contribution < 1.29 is 34.6 Å². The Morgan fingerprint density at radius 3 is 2.23 bits per heavy atom. The summed E-state index contributed by atoms with van der Waals surface area (Å²) in [4.78, 5) is 0. The first-order valence-corrected chi connectivity index (χ1v) is 12.9. The molecule has 0 amide bonds. The third-order valence-electron chi connectivity index (χ3n) is 7.36. The first-order valence-electron chi connectivity index (χ1n) is 12.9. The molecular weight excluding hydrogens is 496 g/mol. The largest absolute Gasteiger partial charge is 0.508 e. The third kappa shape index (κ3) is 5.53. The molecule has 5 rings (SSSR count). The van der Waals surface area contributed by atoms with E-state index in [4.69, 9.17) is 14.2 Å². The highest BCUT2D eigenvalue weighted by atomic mass is 16.5. The smallest absolute Gasteiger partial charge is 0.128 e. The van der Waals surface area contributed by atoms with Gasteiger partial charge in [-0.05, 0) is 84.8 Å². The van der Waals surface area contributed by atoms with Crippen LogP contribution in [0.4, 0.5) is 0 Å². The number of aromatic hydroxyl groups is 4. The van der Waals surface area contributed by atoms with Crippen LogP contribution in [0.1, 0.15) is 52.7 Å². The van der Waals surface area contributed by atoms with E-state index in [9.17, 15) is 20.4 Å². The minimum absolute atomic E-state index is 0.119. The van der Waals surface area contributed by atoms with Crippen molar-refractivity contribution in [2.45, 2.75) is 37.7 Å². The van der Waals surface area contributed by atoms with E-state index in [2.05, 4.69) is 0 Å². The first-order chi connectivity index (χ1) is 18.9. The highest BCUT2D eigenvalue weighted by molar-refractivity contribution is 5.52. The zero-order valence-corrected chi connectivity index (χ0v) is 21.9. The van der Waals surface area contributed by atoms with Crippen molar-refractivity contribution in [2.24, 2.45) is 0 Å². The molecule has 1 aliphatic rings. The fraction of sp³-hybridized carbons (Fsp3) is 0.250. The third-order valence-corrected chi connectivity index (χ3v) is 7.36. The fourth-order valence-corrected chi connectivity index (χ4v) is 5.36. The van der Waals surface area contributed by atoms with Crippen molar-refractivity contribution in [3.05, 3.63) is 101 Å². The molecule has 0 unspecified atom stereocenters. The van der Waals surface area contributed by atoms with E-state index in [-0.39, 0.29) is 35.0 Å². The number of hydrogen-bond acceptors (Lipinski definition) is 7. The van der Waals surface area contributed by atoms with E-state index in [1.54, 1.807) is 62.8 Å². The van der Waals surface area contributed by atoms with Gasteiger partial charge in [-0.25, -0.2) is 0 Å². The summed E-state index contributed by atoms with van der Waals surface area (Å²) in [5.41, 5.74) is 4.43. The van der Waals surface area contributed by atoms with Crippen LogP contribution in [0.15, 0.2) is 72.8 Å². The lowest BCUT2D eigenvalue weighted by Gasteiger charge is -2.29. The number of ether oxygens (including phenoxy) is 3. The molecule has 0 saturated carbocycles. The number of phenolic OH excluding ortho intramolecular Hbond substituents is 4. The molecule has 1 aliphatic heterocycles. The molecule has 0 saturated heterocycles. The maximum atomic E-state index is 11.2. The summed E-state index contributed by atoms with van der Waals surface area (Å²) in [5.74, 6) is 2.25. The molecule has 4 N–H and O–H groups in total. The van der Waals surface area contributed by atoms with Crippen molar-refractivity contribution in [1.82, 2.24) is 0 Å². The first kappa shape index (κ1) is 26.1. The molecule has 202 valence electrons. The number of hydrogen-bond donors (Lipinski definition) is 4. The quantitative estimate of drug-likeness (QED) is 0.211. The van der Waals surface area contributed by atoms with Crippen LogP contribution in [-0.2, 0) is 12.8 Å². The van der Waals surface area contributed by atoms with Gasteiger partial charge in [-0.3, -0.25) is 0 Å². The van der Waals surface area contributed by atoms with E-state index in [1.165, 1.54) is 0 Å². The second kappa shape index (κ2) is 11.1. The Hall–Kier alpha value is -4.52. The van der Waals surface area contributed by atoms with Crippen LogP contribution < -0.4 is 14.2 Å². The summed E-state index contributed by atoms with van der Waals surface area (Å²) in [6, 6.07) is 20.7. The van der Waals surface area contributed by atoms with Crippen molar-refractivity contribution in [3.8, 4) is 40.2 Å². The number of phenols is 4. The Kier molecular flexibility index (Phi) is 7.41. The van der Waals surface area contributed by atoms with Gasteiger partial charge in [-0.15, -0.1) is 0 Å². The lowest BCUT2D eigenvalue weighted by atomic mass is 9.84. The van der Waals surface area contributed by atoms with Crippen molar-refractivity contribution in [2.75, 3.05) is 14.2 Å². The lowest BCUT2D eigenvalue weighted by molar-refractivity contribution is 0.171. The van der Waals surface area contributed by atoms with Crippen LogP contribution in [0.5, 0.6) is 40.2 Å². The van der Waals surface area contributed by atoms with Gasteiger partial charge in [0.15, 0.2) is 0 Å². The summed E-state index contributed by atoms with van der Waals surface area (Å²) in [6.07, 6.45) is 2.38. The molecule has 0 bridgehead atoms. The van der Waals surface area contributed by atoms with E-state index < -0.39 is 0 Å². The molecule has 4 aromatic rings. The SMILES string of the molecule is COc1cc(O)ccc1CC[C@H](c1ccc(O)cc1)c1cc2c(cc1O)O[C@H](c1cc(O)ccc1OC)CC2. The second-order valence-electron chi connectivity index (χ2n) is 9.77. The Labute approximate surface area is 227 Å². The highest BCUT2D eigenvalue weighted by Gasteiger charge is 2.28. The summed E-state index contributed by atoms with van der Waals surface area (Å²) >= 11 is 0. The Balaban J connectivity index is 1.47. The summed E-state index contributed by atoms with van der Waals surface area (Å²) in [7, 11) is 3.16. The number of rotatable bonds is 8. The molecule has 0 aromatic heterocycles. The van der Waals surface area contributed by atoms with Gasteiger partial charge in [-0.1, -0.05) is 18.2 Å². The van der Waals surface area contributed by atoms with Crippen molar-refractivity contribution in [1.29, 1.82) is 0 Å². The minimum Gasteiger partial charge on any atom is -0.508 e. The van der Waals surface area contributed by atoms with Gasteiger partial charge in [0.25, 0.3) is 0 Å². The maximum Gasteiger partial charge on any atom is 0.128 e. The molecule has 39 heavy (non-hydrogen) atoms. The molecule has 2 atom stereocenters. The van der Waals surface area contributed by atoms with E-state index in [1.807, 2.05) is 24.3 Å².